The number of aromatic amines is 1. The van der Waals surface area contributed by atoms with Gasteiger partial charge in [-0.25, -0.2) is 8.91 Å². The van der Waals surface area contributed by atoms with Crippen LogP contribution in [0.1, 0.15) is 35.9 Å². The van der Waals surface area contributed by atoms with E-state index >= 15 is 0 Å². The van der Waals surface area contributed by atoms with Crippen LogP contribution in [-0.4, -0.2) is 37.9 Å². The molecule has 0 saturated carbocycles. The summed E-state index contributed by atoms with van der Waals surface area (Å²) in [6, 6.07) is 6.07. The lowest BCUT2D eigenvalue weighted by atomic mass is 9.94. The van der Waals surface area contributed by atoms with Crippen LogP contribution in [-0.2, 0) is 6.42 Å². The molecule has 1 aliphatic heterocycles. The molecule has 5 rings (SSSR count). The van der Waals surface area contributed by atoms with Crippen molar-refractivity contribution in [3.8, 4) is 11.5 Å². The van der Waals surface area contributed by atoms with Gasteiger partial charge in [0.25, 0.3) is 11.4 Å². The summed E-state index contributed by atoms with van der Waals surface area (Å²) in [5, 5.41) is 16.1. The van der Waals surface area contributed by atoms with Crippen molar-refractivity contribution < 1.29 is 8.81 Å². The van der Waals surface area contributed by atoms with Gasteiger partial charge in [0, 0.05) is 22.6 Å². The number of nitrogens with zero attached hydrogens (tertiary/aromatic N) is 4. The maximum atomic E-state index is 14.1. The van der Waals surface area contributed by atoms with E-state index < -0.39 is 5.82 Å². The van der Waals surface area contributed by atoms with Crippen LogP contribution in [0.5, 0.6) is 0 Å². The highest BCUT2D eigenvalue weighted by Gasteiger charge is 2.22. The monoisotopic (exact) mass is 428 g/mol. The quantitative estimate of drug-likeness (QED) is 0.518. The van der Waals surface area contributed by atoms with Crippen molar-refractivity contribution >= 4 is 17.2 Å². The smallest absolute Gasteiger partial charge is 0.253 e. The Hall–Kier alpha value is -3.04. The number of aromatic nitrogens is 5. The van der Waals surface area contributed by atoms with Gasteiger partial charge < -0.3 is 14.7 Å². The van der Waals surface area contributed by atoms with E-state index in [2.05, 4.69) is 25.6 Å². The minimum absolute atomic E-state index is 0.0641. The molecule has 1 saturated heterocycles. The maximum Gasteiger partial charge on any atom is 0.253 e. The Morgan fingerprint density at radius 1 is 1.27 bits per heavy atom. The molecule has 154 valence electrons. The van der Waals surface area contributed by atoms with Gasteiger partial charge in [-0.15, -0.1) is 10.2 Å². The molecule has 0 amide bonds. The number of benzene rings is 1. The van der Waals surface area contributed by atoms with E-state index in [1.807, 2.05) is 0 Å². The summed E-state index contributed by atoms with van der Waals surface area (Å²) in [5.41, 5.74) is 1.95. The molecular weight excluding hydrogens is 411 g/mol. The van der Waals surface area contributed by atoms with Crippen LogP contribution in [0, 0.1) is 5.82 Å². The van der Waals surface area contributed by atoms with E-state index in [0.29, 0.717) is 16.2 Å². The summed E-state index contributed by atoms with van der Waals surface area (Å²) < 4.78 is 21.5. The lowest BCUT2D eigenvalue weighted by Gasteiger charge is -2.23. The molecule has 1 fully saturated rings. The van der Waals surface area contributed by atoms with Gasteiger partial charge in [-0.05, 0) is 38.1 Å². The second-order valence-electron chi connectivity index (χ2n) is 7.28. The molecule has 0 radical (unpaired) electrons. The summed E-state index contributed by atoms with van der Waals surface area (Å²) in [6.07, 6.45) is 3.52. The molecule has 0 atom stereocenters. The normalized spacial score (nSPS) is 15.1. The Morgan fingerprint density at radius 2 is 2.10 bits per heavy atom. The molecule has 0 unspecified atom stereocenters. The second kappa shape index (κ2) is 7.66. The molecule has 1 aliphatic rings. The Morgan fingerprint density at radius 3 is 2.90 bits per heavy atom. The summed E-state index contributed by atoms with van der Waals surface area (Å²) in [7, 11) is 0. The van der Waals surface area contributed by atoms with Gasteiger partial charge in [-0.2, -0.15) is 5.10 Å². The fourth-order valence-electron chi connectivity index (χ4n) is 3.86. The first-order valence-corrected chi connectivity index (χ1v) is 10.1. The lowest BCUT2D eigenvalue weighted by molar-refractivity contribution is 0.446. The van der Waals surface area contributed by atoms with Crippen LogP contribution in [0.15, 0.2) is 39.7 Å². The summed E-state index contributed by atoms with van der Waals surface area (Å²) in [6.45, 7) is 1.80. The van der Waals surface area contributed by atoms with Crippen LogP contribution >= 0.6 is 11.6 Å². The van der Waals surface area contributed by atoms with E-state index in [9.17, 15) is 9.18 Å². The van der Waals surface area contributed by atoms with Gasteiger partial charge in [0.2, 0.25) is 5.89 Å². The fourth-order valence-corrected chi connectivity index (χ4v) is 4.09. The van der Waals surface area contributed by atoms with E-state index in [1.54, 1.807) is 22.8 Å². The number of hydrogen-bond acceptors (Lipinski definition) is 6. The lowest BCUT2D eigenvalue weighted by Crippen LogP contribution is -2.28. The third-order valence-corrected chi connectivity index (χ3v) is 5.73. The minimum atomic E-state index is -0.436. The highest BCUT2D eigenvalue weighted by molar-refractivity contribution is 6.31. The van der Waals surface area contributed by atoms with Crippen LogP contribution in [0.25, 0.3) is 17.1 Å². The van der Waals surface area contributed by atoms with Crippen molar-refractivity contribution in [3.05, 3.63) is 68.8 Å². The van der Waals surface area contributed by atoms with Gasteiger partial charge in [0.15, 0.2) is 0 Å². The van der Waals surface area contributed by atoms with Gasteiger partial charge in [-0.3, -0.25) is 4.79 Å². The highest BCUT2D eigenvalue weighted by atomic mass is 35.5. The molecule has 0 spiro atoms. The summed E-state index contributed by atoms with van der Waals surface area (Å²) >= 11 is 6.09. The summed E-state index contributed by atoms with van der Waals surface area (Å²) in [4.78, 5) is 15.1. The van der Waals surface area contributed by atoms with Crippen molar-refractivity contribution in [3.63, 3.8) is 0 Å². The van der Waals surface area contributed by atoms with Crippen LogP contribution < -0.4 is 10.9 Å². The van der Waals surface area contributed by atoms with E-state index in [-0.39, 0.29) is 35.2 Å². The Bertz CT molecular complexity index is 1250. The molecule has 0 bridgehead atoms. The Balaban J connectivity index is 1.52. The average molecular weight is 429 g/mol. The predicted molar refractivity (Wildman–Crippen MR) is 108 cm³/mol. The van der Waals surface area contributed by atoms with Gasteiger partial charge in [-0.1, -0.05) is 17.7 Å². The van der Waals surface area contributed by atoms with Crippen molar-refractivity contribution in [2.75, 3.05) is 13.1 Å². The van der Waals surface area contributed by atoms with Gasteiger partial charge in [0.1, 0.15) is 17.0 Å². The third kappa shape index (κ3) is 3.40. The molecule has 30 heavy (non-hydrogen) atoms. The highest BCUT2D eigenvalue weighted by Crippen LogP contribution is 2.29. The number of halogens is 2. The first-order valence-electron chi connectivity index (χ1n) is 9.67. The molecule has 8 nitrogen and oxygen atoms in total. The minimum Gasteiger partial charge on any atom is -0.420 e. The average Bonchev–Trinajstić information content (AvgIpc) is 3.37. The molecule has 1 aromatic carbocycles. The Kier molecular flexibility index (Phi) is 4.84. The van der Waals surface area contributed by atoms with Gasteiger partial charge >= 0.3 is 0 Å². The first kappa shape index (κ1) is 19.0. The van der Waals surface area contributed by atoms with Gasteiger partial charge in [0.05, 0.1) is 18.3 Å². The van der Waals surface area contributed by atoms with E-state index in [0.717, 1.165) is 31.6 Å². The zero-order valence-electron chi connectivity index (χ0n) is 15.9. The molecule has 3 aromatic heterocycles. The SMILES string of the molecule is O=c1cc(C2CCNCC2)n2ncc(-c3nnc(Cc4c(F)cccc4Cl)o3)c2[nH]1. The standard InChI is InChI=1S/C20H18ClFN6O2/c21-14-2-1-3-15(22)12(14)8-18-26-27-20(30-18)13-10-24-28-16(9-17(29)25-19(13)28)11-4-6-23-7-5-11/h1-3,9-11,23H,4-8H2,(H,25,29). The number of H-pyrrole nitrogens is 1. The number of hydrogen-bond donors (Lipinski definition) is 2. The van der Waals surface area contributed by atoms with Crippen LogP contribution in [0.3, 0.4) is 0 Å². The number of rotatable bonds is 4. The van der Waals surface area contributed by atoms with Crippen molar-refractivity contribution in [2.45, 2.75) is 25.2 Å². The fraction of sp³-hybridized carbons (Fsp3) is 0.300. The van der Waals surface area contributed by atoms with Crippen molar-refractivity contribution in [1.82, 2.24) is 30.1 Å². The number of nitrogens with one attached hydrogen (secondary N) is 2. The van der Waals surface area contributed by atoms with Crippen molar-refractivity contribution in [2.24, 2.45) is 0 Å². The zero-order chi connectivity index (χ0) is 20.7. The Labute approximate surface area is 175 Å². The van der Waals surface area contributed by atoms with Crippen LogP contribution in [0.2, 0.25) is 5.02 Å². The topological polar surface area (TPSA) is 101 Å². The number of piperidine rings is 1. The molecular formula is C20H18ClFN6O2. The van der Waals surface area contributed by atoms with E-state index in [4.69, 9.17) is 16.0 Å². The molecule has 0 aliphatic carbocycles. The molecule has 4 heterocycles. The first-order chi connectivity index (χ1) is 14.6. The van der Waals surface area contributed by atoms with Crippen molar-refractivity contribution in [1.29, 1.82) is 0 Å². The molecule has 2 N–H and O–H groups in total. The molecule has 10 heteroatoms. The predicted octanol–water partition coefficient (Wildman–Crippen LogP) is 2.92. The van der Waals surface area contributed by atoms with E-state index in [1.165, 1.54) is 12.1 Å². The second-order valence-corrected chi connectivity index (χ2v) is 7.69. The zero-order valence-corrected chi connectivity index (χ0v) is 16.6. The third-order valence-electron chi connectivity index (χ3n) is 5.38. The molecule has 4 aromatic rings. The maximum absolute atomic E-state index is 14.1. The summed E-state index contributed by atoms with van der Waals surface area (Å²) in [5.74, 6) is 0.221. The van der Waals surface area contributed by atoms with Crippen LogP contribution in [0.4, 0.5) is 4.39 Å². The number of fused-ring (bicyclic) bond motifs is 1. The largest absolute Gasteiger partial charge is 0.420 e.